The minimum Gasteiger partial charge on any atom is -0.508 e. The summed E-state index contributed by atoms with van der Waals surface area (Å²) in [5.74, 6) is -0.0250. The summed E-state index contributed by atoms with van der Waals surface area (Å²) in [6.45, 7) is 1.55. The number of rotatable bonds is 4. The van der Waals surface area contributed by atoms with Gasteiger partial charge in [-0.3, -0.25) is 14.6 Å². The first-order chi connectivity index (χ1) is 9.54. The Morgan fingerprint density at radius 2 is 2.05 bits per heavy atom. The van der Waals surface area contributed by atoms with Gasteiger partial charge in [0.05, 0.1) is 5.75 Å². The molecule has 3 N–H and O–H groups in total. The fourth-order valence-electron chi connectivity index (χ4n) is 1.32. The molecule has 1 heterocycles. The fourth-order valence-corrected chi connectivity index (χ4v) is 1.92. The first kappa shape index (κ1) is 14.1. The Balaban J connectivity index is 1.90. The molecule has 1 aromatic heterocycles. The number of anilines is 1. The van der Waals surface area contributed by atoms with Crippen LogP contribution in [-0.2, 0) is 4.79 Å². The van der Waals surface area contributed by atoms with Gasteiger partial charge >= 0.3 is 0 Å². The Kier molecular flexibility index (Phi) is 4.36. The third kappa shape index (κ3) is 3.82. The lowest BCUT2D eigenvalue weighted by molar-refractivity contribution is -0.113. The number of carbonyl (C=O) groups is 1. The van der Waals surface area contributed by atoms with Crippen molar-refractivity contribution in [2.45, 2.75) is 12.1 Å². The number of nitrogens with zero attached hydrogens (tertiary/aromatic N) is 2. The molecule has 2 aromatic rings. The maximum atomic E-state index is 11.7. The number of aryl methyl sites for hydroxylation is 1. The lowest BCUT2D eigenvalue weighted by atomic mass is 10.3. The largest absolute Gasteiger partial charge is 0.508 e. The molecule has 1 aromatic carbocycles. The Morgan fingerprint density at radius 3 is 2.70 bits per heavy atom. The number of benzene rings is 1. The van der Waals surface area contributed by atoms with E-state index in [0.29, 0.717) is 10.8 Å². The summed E-state index contributed by atoms with van der Waals surface area (Å²) in [6.07, 6.45) is 0. The number of carbonyl (C=O) groups excluding carboxylic acids is 1. The van der Waals surface area contributed by atoms with Gasteiger partial charge in [0, 0.05) is 5.69 Å². The molecule has 0 aliphatic carbocycles. The van der Waals surface area contributed by atoms with Crippen LogP contribution in [0.15, 0.2) is 34.2 Å². The number of aromatic hydroxyl groups is 1. The number of thioether (sulfide) groups is 1. The Labute approximate surface area is 118 Å². The van der Waals surface area contributed by atoms with Crippen molar-refractivity contribution < 1.29 is 9.90 Å². The summed E-state index contributed by atoms with van der Waals surface area (Å²) < 4.78 is 0. The zero-order chi connectivity index (χ0) is 14.5. The zero-order valence-corrected chi connectivity index (χ0v) is 11.4. The van der Waals surface area contributed by atoms with E-state index in [4.69, 9.17) is 5.11 Å². The number of amides is 1. The second-order valence-corrected chi connectivity index (χ2v) is 4.89. The fraction of sp³-hybridized carbons (Fsp3) is 0.167. The lowest BCUT2D eigenvalue weighted by Gasteiger charge is -2.04. The smallest absolute Gasteiger partial charge is 0.273 e. The summed E-state index contributed by atoms with van der Waals surface area (Å²) in [4.78, 5) is 25.5. The number of aromatic nitrogens is 3. The van der Waals surface area contributed by atoms with Crippen molar-refractivity contribution in [1.29, 1.82) is 0 Å². The highest BCUT2D eigenvalue weighted by Gasteiger charge is 2.06. The first-order valence-electron chi connectivity index (χ1n) is 5.70. The molecule has 7 nitrogen and oxygen atoms in total. The molecule has 8 heteroatoms. The van der Waals surface area contributed by atoms with Crippen molar-refractivity contribution in [2.75, 3.05) is 11.1 Å². The molecule has 0 bridgehead atoms. The van der Waals surface area contributed by atoms with Gasteiger partial charge in [0.1, 0.15) is 11.4 Å². The van der Waals surface area contributed by atoms with Gasteiger partial charge in [0.2, 0.25) is 5.91 Å². The average Bonchev–Trinajstić information content (AvgIpc) is 2.43. The molecule has 0 saturated carbocycles. The van der Waals surface area contributed by atoms with Crippen LogP contribution < -0.4 is 10.9 Å². The molecule has 0 aliphatic heterocycles. The maximum absolute atomic E-state index is 11.7. The molecule has 0 saturated heterocycles. The molecule has 0 aliphatic rings. The Morgan fingerprint density at radius 1 is 1.35 bits per heavy atom. The van der Waals surface area contributed by atoms with Crippen LogP contribution in [-0.4, -0.2) is 31.9 Å². The second kappa shape index (κ2) is 6.20. The van der Waals surface area contributed by atoms with E-state index < -0.39 is 0 Å². The van der Waals surface area contributed by atoms with Crippen LogP contribution in [0.5, 0.6) is 5.75 Å². The molecule has 2 rings (SSSR count). The van der Waals surface area contributed by atoms with Gasteiger partial charge in [0.15, 0.2) is 5.16 Å². The van der Waals surface area contributed by atoms with Gasteiger partial charge in [-0.25, -0.2) is 0 Å². The predicted molar refractivity (Wildman–Crippen MR) is 74.9 cm³/mol. The number of phenols is 1. The van der Waals surface area contributed by atoms with Crippen LogP contribution >= 0.6 is 11.8 Å². The average molecular weight is 292 g/mol. The van der Waals surface area contributed by atoms with Gasteiger partial charge in [-0.2, -0.15) is 0 Å². The van der Waals surface area contributed by atoms with E-state index in [1.807, 2.05) is 0 Å². The number of hydrogen-bond acceptors (Lipinski definition) is 6. The highest BCUT2D eigenvalue weighted by atomic mass is 32.2. The predicted octanol–water partition coefficient (Wildman–Crippen LogP) is 0.910. The summed E-state index contributed by atoms with van der Waals surface area (Å²) in [7, 11) is 0. The van der Waals surface area contributed by atoms with Crippen molar-refractivity contribution in [3.63, 3.8) is 0 Å². The van der Waals surface area contributed by atoms with Crippen LogP contribution in [0.3, 0.4) is 0 Å². The van der Waals surface area contributed by atoms with Gasteiger partial charge < -0.3 is 10.4 Å². The summed E-state index contributed by atoms with van der Waals surface area (Å²) in [5, 5.41) is 19.5. The lowest BCUT2D eigenvalue weighted by Crippen LogP contribution is -2.17. The van der Waals surface area contributed by atoms with Crippen LogP contribution in [0.4, 0.5) is 5.69 Å². The van der Waals surface area contributed by atoms with E-state index in [-0.39, 0.29) is 28.7 Å². The monoisotopic (exact) mass is 292 g/mol. The minimum absolute atomic E-state index is 0.0918. The van der Waals surface area contributed by atoms with Crippen molar-refractivity contribution in [3.05, 3.63) is 40.3 Å². The molecular formula is C12H12N4O3S. The number of phenolic OH excluding ortho intramolecular Hbond substituents is 1. The third-order valence-corrected chi connectivity index (χ3v) is 3.19. The van der Waals surface area contributed by atoms with E-state index in [2.05, 4.69) is 20.5 Å². The molecule has 0 atom stereocenters. The SMILES string of the molecule is Cc1nnc(SCC(=O)Nc2ccc(O)cc2)[nH]c1=O. The van der Waals surface area contributed by atoms with Crippen molar-refractivity contribution in [1.82, 2.24) is 15.2 Å². The first-order valence-corrected chi connectivity index (χ1v) is 6.68. The van der Waals surface area contributed by atoms with E-state index in [9.17, 15) is 9.59 Å². The summed E-state index contributed by atoms with van der Waals surface area (Å²) >= 11 is 1.08. The number of nitrogens with one attached hydrogen (secondary N) is 2. The van der Waals surface area contributed by atoms with Crippen LogP contribution in [0, 0.1) is 6.92 Å². The van der Waals surface area contributed by atoms with Crippen LogP contribution in [0.2, 0.25) is 0 Å². The summed E-state index contributed by atoms with van der Waals surface area (Å²) in [6, 6.07) is 6.13. The normalized spacial score (nSPS) is 10.2. The van der Waals surface area contributed by atoms with Gasteiger partial charge in [-0.1, -0.05) is 11.8 Å². The molecule has 0 radical (unpaired) electrons. The van der Waals surface area contributed by atoms with Gasteiger partial charge in [-0.15, -0.1) is 10.2 Å². The van der Waals surface area contributed by atoms with Gasteiger partial charge in [0.25, 0.3) is 5.56 Å². The van der Waals surface area contributed by atoms with E-state index >= 15 is 0 Å². The highest BCUT2D eigenvalue weighted by Crippen LogP contribution is 2.15. The summed E-state index contributed by atoms with van der Waals surface area (Å²) in [5.41, 5.74) is 0.543. The Hall–Kier alpha value is -2.35. The molecule has 0 spiro atoms. The molecule has 20 heavy (non-hydrogen) atoms. The number of hydrogen-bond donors (Lipinski definition) is 3. The third-order valence-electron chi connectivity index (χ3n) is 2.33. The van der Waals surface area contributed by atoms with Crippen LogP contribution in [0.25, 0.3) is 0 Å². The molecule has 104 valence electrons. The topological polar surface area (TPSA) is 108 Å². The minimum atomic E-state index is -0.318. The molecular weight excluding hydrogens is 280 g/mol. The molecule has 0 fully saturated rings. The van der Waals surface area contributed by atoms with Crippen LogP contribution in [0.1, 0.15) is 5.69 Å². The maximum Gasteiger partial charge on any atom is 0.273 e. The second-order valence-electron chi connectivity index (χ2n) is 3.93. The van der Waals surface area contributed by atoms with E-state index in [1.54, 1.807) is 19.1 Å². The molecule has 0 unspecified atom stereocenters. The highest BCUT2D eigenvalue weighted by molar-refractivity contribution is 7.99. The Bertz CT molecular complexity index is 669. The molecule has 1 amide bonds. The van der Waals surface area contributed by atoms with Gasteiger partial charge in [-0.05, 0) is 31.2 Å². The van der Waals surface area contributed by atoms with E-state index in [1.165, 1.54) is 12.1 Å². The zero-order valence-electron chi connectivity index (χ0n) is 10.6. The number of H-pyrrole nitrogens is 1. The standard InChI is InChI=1S/C12H12N4O3S/c1-7-11(19)14-12(16-15-7)20-6-10(18)13-8-2-4-9(17)5-3-8/h2-5,17H,6H2,1H3,(H,13,18)(H,14,16,19). The number of aromatic amines is 1. The van der Waals surface area contributed by atoms with E-state index in [0.717, 1.165) is 11.8 Å². The van der Waals surface area contributed by atoms with Crippen molar-refractivity contribution in [3.8, 4) is 5.75 Å². The quantitative estimate of drug-likeness (QED) is 0.571. The van der Waals surface area contributed by atoms with Crippen molar-refractivity contribution in [2.24, 2.45) is 0 Å². The van der Waals surface area contributed by atoms with Crippen molar-refractivity contribution >= 4 is 23.4 Å².